The van der Waals surface area contributed by atoms with E-state index < -0.39 is 28.3 Å². The minimum atomic E-state index is -3.92. The SMILES string of the molecule is C=Nc1ccc(S(=O)(=O)N(CC(C)C)C[C@@H](O)[C@H](Cc2ccccc2)NC(=O)O[C@H]2CCOC2)cc1. The van der Waals surface area contributed by atoms with Crippen LogP contribution in [0.4, 0.5) is 10.5 Å². The lowest BCUT2D eigenvalue weighted by atomic mass is 10.0. The number of aliphatic hydroxyl groups is 1. The first-order valence-corrected chi connectivity index (χ1v) is 13.5. The van der Waals surface area contributed by atoms with Crippen molar-refractivity contribution in [3.05, 3.63) is 60.2 Å². The van der Waals surface area contributed by atoms with Crippen LogP contribution < -0.4 is 5.32 Å². The average molecular weight is 518 g/mol. The van der Waals surface area contributed by atoms with Crippen LogP contribution in [-0.4, -0.2) is 75.2 Å². The molecule has 36 heavy (non-hydrogen) atoms. The fraction of sp³-hybridized carbons (Fsp3) is 0.462. The molecule has 1 fully saturated rings. The van der Waals surface area contributed by atoms with Gasteiger partial charge in [-0.2, -0.15) is 4.31 Å². The van der Waals surface area contributed by atoms with Gasteiger partial charge in [-0.15, -0.1) is 0 Å². The summed E-state index contributed by atoms with van der Waals surface area (Å²) < 4.78 is 38.9. The number of ether oxygens (including phenoxy) is 2. The number of alkyl carbamates (subject to hydrolysis) is 1. The van der Waals surface area contributed by atoms with Crippen molar-refractivity contribution >= 4 is 28.5 Å². The van der Waals surface area contributed by atoms with Crippen molar-refractivity contribution in [1.82, 2.24) is 9.62 Å². The Balaban J connectivity index is 1.80. The number of benzene rings is 2. The van der Waals surface area contributed by atoms with Crippen molar-refractivity contribution in [3.8, 4) is 0 Å². The van der Waals surface area contributed by atoms with Crippen molar-refractivity contribution in [2.24, 2.45) is 10.9 Å². The zero-order chi connectivity index (χ0) is 26.1. The van der Waals surface area contributed by atoms with Crippen molar-refractivity contribution < 1.29 is 27.8 Å². The minimum Gasteiger partial charge on any atom is -0.444 e. The van der Waals surface area contributed by atoms with Crippen LogP contribution in [0.15, 0.2) is 64.5 Å². The number of sulfonamides is 1. The van der Waals surface area contributed by atoms with Crippen LogP contribution in [0.1, 0.15) is 25.8 Å². The van der Waals surface area contributed by atoms with E-state index in [2.05, 4.69) is 17.0 Å². The molecule has 196 valence electrons. The molecular weight excluding hydrogens is 482 g/mol. The zero-order valence-corrected chi connectivity index (χ0v) is 21.6. The van der Waals surface area contributed by atoms with Gasteiger partial charge in [0, 0.05) is 19.5 Å². The molecule has 0 unspecified atom stereocenters. The van der Waals surface area contributed by atoms with Gasteiger partial charge in [0.2, 0.25) is 10.0 Å². The molecule has 1 saturated heterocycles. The smallest absolute Gasteiger partial charge is 0.407 e. The van der Waals surface area contributed by atoms with Gasteiger partial charge in [-0.3, -0.25) is 4.99 Å². The van der Waals surface area contributed by atoms with Gasteiger partial charge in [-0.25, -0.2) is 13.2 Å². The Kier molecular flexibility index (Phi) is 10.0. The van der Waals surface area contributed by atoms with E-state index in [-0.39, 0.29) is 30.0 Å². The fourth-order valence-corrected chi connectivity index (χ4v) is 5.60. The molecule has 1 aliphatic rings. The molecule has 0 saturated carbocycles. The van der Waals surface area contributed by atoms with Gasteiger partial charge in [0.15, 0.2) is 0 Å². The maximum Gasteiger partial charge on any atom is 0.407 e. The summed E-state index contributed by atoms with van der Waals surface area (Å²) in [4.78, 5) is 16.5. The molecule has 9 nitrogen and oxygen atoms in total. The molecule has 0 aromatic heterocycles. The largest absolute Gasteiger partial charge is 0.444 e. The van der Waals surface area contributed by atoms with E-state index in [1.165, 1.54) is 16.4 Å². The molecule has 3 rings (SSSR count). The minimum absolute atomic E-state index is 0.00829. The van der Waals surface area contributed by atoms with E-state index in [1.54, 1.807) is 12.1 Å². The number of nitrogens with one attached hydrogen (secondary N) is 1. The van der Waals surface area contributed by atoms with Crippen molar-refractivity contribution in [1.29, 1.82) is 0 Å². The standard InChI is InChI=1S/C26H35N3O6S/c1-19(2)16-29(36(32,33)23-11-9-21(27-3)10-12-23)17-25(30)24(15-20-7-5-4-6-8-20)28-26(31)35-22-13-14-34-18-22/h4-12,19,22,24-25,30H,3,13-18H2,1-2H3,(H,28,31)/t22-,24-,25+/m0/s1. The van der Waals surface area contributed by atoms with Crippen molar-refractivity contribution in [3.63, 3.8) is 0 Å². The quantitative estimate of drug-likeness (QED) is 0.418. The number of nitrogens with zero attached hydrogens (tertiary/aromatic N) is 2. The maximum absolute atomic E-state index is 13.5. The lowest BCUT2D eigenvalue weighted by Crippen LogP contribution is -2.51. The summed E-state index contributed by atoms with van der Waals surface area (Å²) in [7, 11) is -3.92. The summed E-state index contributed by atoms with van der Waals surface area (Å²) in [5.41, 5.74) is 1.44. The lowest BCUT2D eigenvalue weighted by Gasteiger charge is -2.30. The fourth-order valence-electron chi connectivity index (χ4n) is 3.98. The Labute approximate surface area is 213 Å². The molecule has 2 aromatic rings. The Hall–Kier alpha value is -2.79. The zero-order valence-electron chi connectivity index (χ0n) is 20.7. The molecular formula is C26H35N3O6S. The van der Waals surface area contributed by atoms with Crippen LogP contribution in [0.5, 0.6) is 0 Å². The van der Waals surface area contributed by atoms with Gasteiger partial charge < -0.3 is 19.9 Å². The third kappa shape index (κ3) is 7.86. The number of amides is 1. The lowest BCUT2D eigenvalue weighted by molar-refractivity contribution is 0.0644. The first-order chi connectivity index (χ1) is 17.2. The average Bonchev–Trinajstić information content (AvgIpc) is 3.36. The number of aliphatic hydroxyl groups excluding tert-OH is 1. The van der Waals surface area contributed by atoms with E-state index >= 15 is 0 Å². The summed E-state index contributed by atoms with van der Waals surface area (Å²) in [6.45, 7) is 8.11. The monoisotopic (exact) mass is 517 g/mol. The topological polar surface area (TPSA) is 118 Å². The van der Waals surface area contributed by atoms with Gasteiger partial charge in [0.25, 0.3) is 0 Å². The third-order valence-corrected chi connectivity index (χ3v) is 7.69. The summed E-state index contributed by atoms with van der Waals surface area (Å²) in [5.74, 6) is 0.00829. The Morgan fingerprint density at radius 1 is 1.19 bits per heavy atom. The highest BCUT2D eigenvalue weighted by atomic mass is 32.2. The van der Waals surface area contributed by atoms with Crippen LogP contribution in [-0.2, 0) is 25.9 Å². The second kappa shape index (κ2) is 13.0. The van der Waals surface area contributed by atoms with Gasteiger partial charge in [-0.05, 0) is 48.9 Å². The van der Waals surface area contributed by atoms with Crippen molar-refractivity contribution in [2.75, 3.05) is 26.3 Å². The van der Waals surface area contributed by atoms with Crippen molar-refractivity contribution in [2.45, 2.75) is 49.8 Å². The van der Waals surface area contributed by atoms with Crippen LogP contribution >= 0.6 is 0 Å². The van der Waals surface area contributed by atoms with Crippen LogP contribution in [0.25, 0.3) is 0 Å². The van der Waals surface area contributed by atoms with E-state index in [0.717, 1.165) is 5.56 Å². The summed E-state index contributed by atoms with van der Waals surface area (Å²) in [6.07, 6.45) is -1.30. The number of carbonyl (C=O) groups is 1. The number of rotatable bonds is 12. The highest BCUT2D eigenvalue weighted by Crippen LogP contribution is 2.22. The van der Waals surface area contributed by atoms with Crippen LogP contribution in [0.3, 0.4) is 0 Å². The van der Waals surface area contributed by atoms with E-state index in [0.29, 0.717) is 31.7 Å². The molecule has 10 heteroatoms. The molecule has 0 spiro atoms. The number of hydrogen-bond donors (Lipinski definition) is 2. The molecule has 0 radical (unpaired) electrons. The highest BCUT2D eigenvalue weighted by Gasteiger charge is 2.32. The third-order valence-electron chi connectivity index (χ3n) is 5.84. The van der Waals surface area contributed by atoms with E-state index in [1.807, 2.05) is 44.2 Å². The number of hydrogen-bond acceptors (Lipinski definition) is 7. The molecule has 3 atom stereocenters. The van der Waals surface area contributed by atoms with E-state index in [4.69, 9.17) is 9.47 Å². The summed E-state index contributed by atoms with van der Waals surface area (Å²) >= 11 is 0. The first kappa shape index (κ1) is 27.8. The molecule has 1 amide bonds. The molecule has 1 heterocycles. The summed E-state index contributed by atoms with van der Waals surface area (Å²) in [5, 5.41) is 14.0. The molecule has 2 N–H and O–H groups in total. The molecule has 1 aliphatic heterocycles. The van der Waals surface area contributed by atoms with Gasteiger partial charge in [-0.1, -0.05) is 44.2 Å². The number of carbonyl (C=O) groups excluding carboxylic acids is 1. The van der Waals surface area contributed by atoms with Crippen LogP contribution in [0, 0.1) is 5.92 Å². The number of aliphatic imine (C=N–C) groups is 1. The molecule has 2 aromatic carbocycles. The van der Waals surface area contributed by atoms with Gasteiger partial charge in [0.1, 0.15) is 6.10 Å². The Morgan fingerprint density at radius 3 is 2.47 bits per heavy atom. The second-order valence-corrected chi connectivity index (χ2v) is 11.2. The van der Waals surface area contributed by atoms with Crippen LogP contribution in [0.2, 0.25) is 0 Å². The molecule has 0 bridgehead atoms. The normalized spacial score (nSPS) is 17.6. The first-order valence-electron chi connectivity index (χ1n) is 12.0. The summed E-state index contributed by atoms with van der Waals surface area (Å²) in [6, 6.07) is 14.7. The Morgan fingerprint density at radius 2 is 1.89 bits per heavy atom. The highest BCUT2D eigenvalue weighted by molar-refractivity contribution is 7.89. The molecule has 0 aliphatic carbocycles. The predicted octanol–water partition coefficient (Wildman–Crippen LogP) is 3.15. The van der Waals surface area contributed by atoms with Gasteiger partial charge >= 0.3 is 6.09 Å². The van der Waals surface area contributed by atoms with E-state index in [9.17, 15) is 18.3 Å². The van der Waals surface area contributed by atoms with Gasteiger partial charge in [0.05, 0.1) is 35.9 Å². The second-order valence-electron chi connectivity index (χ2n) is 9.27. The Bertz CT molecular complexity index is 1090. The maximum atomic E-state index is 13.5. The predicted molar refractivity (Wildman–Crippen MR) is 138 cm³/mol.